The number of rotatable bonds is 5. The van der Waals surface area contributed by atoms with Crippen molar-refractivity contribution >= 4 is 11.9 Å². The Labute approximate surface area is 146 Å². The minimum absolute atomic E-state index is 0.0466. The van der Waals surface area contributed by atoms with Crippen LogP contribution in [0.1, 0.15) is 25.6 Å². The molecule has 9 heteroatoms. The third-order valence-corrected chi connectivity index (χ3v) is 4.18. The predicted molar refractivity (Wildman–Crippen MR) is 91.5 cm³/mol. The number of anilines is 1. The van der Waals surface area contributed by atoms with Gasteiger partial charge in [-0.15, -0.1) is 0 Å². The molecule has 25 heavy (non-hydrogen) atoms. The van der Waals surface area contributed by atoms with Gasteiger partial charge in [0.1, 0.15) is 18.7 Å². The lowest BCUT2D eigenvalue weighted by molar-refractivity contribution is -0.134. The van der Waals surface area contributed by atoms with Gasteiger partial charge in [0, 0.05) is 37.9 Å². The molecule has 1 atom stereocenters. The van der Waals surface area contributed by atoms with Crippen LogP contribution in [0, 0.1) is 6.92 Å². The molecule has 1 fully saturated rings. The van der Waals surface area contributed by atoms with Crippen LogP contribution in [-0.2, 0) is 4.79 Å². The summed E-state index contributed by atoms with van der Waals surface area (Å²) >= 11 is 0. The average molecular weight is 345 g/mol. The lowest BCUT2D eigenvalue weighted by Gasteiger charge is -2.36. The summed E-state index contributed by atoms with van der Waals surface area (Å²) in [5, 5.41) is 4.05. The Bertz CT molecular complexity index is 711. The standard InChI is InChI=1S/C16H23N7O2/c1-4-25-14-9-12(2)19-16(20-14)22-7-5-21(6-8-22)15(24)13(3)23-11-17-10-18-23/h9-11,13H,4-8H2,1-3H3/t13-/m1/s1. The molecule has 0 N–H and O–H groups in total. The van der Waals surface area contributed by atoms with Crippen LogP contribution >= 0.6 is 0 Å². The Morgan fingerprint density at radius 2 is 2.04 bits per heavy atom. The second kappa shape index (κ2) is 7.45. The van der Waals surface area contributed by atoms with Crippen molar-refractivity contribution in [1.29, 1.82) is 0 Å². The first-order valence-corrected chi connectivity index (χ1v) is 8.44. The van der Waals surface area contributed by atoms with Gasteiger partial charge in [-0.25, -0.2) is 14.6 Å². The number of hydrogen-bond donors (Lipinski definition) is 0. The molecule has 1 saturated heterocycles. The van der Waals surface area contributed by atoms with E-state index in [9.17, 15) is 4.79 Å². The molecule has 3 heterocycles. The van der Waals surface area contributed by atoms with Crippen LogP contribution in [0.5, 0.6) is 5.88 Å². The number of carbonyl (C=O) groups is 1. The van der Waals surface area contributed by atoms with Gasteiger partial charge in [0.2, 0.25) is 17.7 Å². The Morgan fingerprint density at radius 3 is 2.68 bits per heavy atom. The van der Waals surface area contributed by atoms with E-state index in [1.165, 1.54) is 6.33 Å². The highest BCUT2D eigenvalue weighted by atomic mass is 16.5. The van der Waals surface area contributed by atoms with Gasteiger partial charge in [-0.3, -0.25) is 4.79 Å². The molecule has 0 bridgehead atoms. The molecule has 0 aromatic carbocycles. The Hall–Kier alpha value is -2.71. The van der Waals surface area contributed by atoms with Crippen LogP contribution in [-0.4, -0.2) is 68.3 Å². The van der Waals surface area contributed by atoms with E-state index in [2.05, 4.69) is 25.0 Å². The Balaban J connectivity index is 1.63. The van der Waals surface area contributed by atoms with E-state index < -0.39 is 0 Å². The first-order chi connectivity index (χ1) is 12.1. The number of aromatic nitrogens is 5. The van der Waals surface area contributed by atoms with E-state index in [1.54, 1.807) is 11.0 Å². The lowest BCUT2D eigenvalue weighted by atomic mass is 10.2. The first-order valence-electron chi connectivity index (χ1n) is 8.44. The molecule has 0 spiro atoms. The molecule has 0 unspecified atom stereocenters. The fourth-order valence-electron chi connectivity index (χ4n) is 2.81. The molecule has 1 aliphatic rings. The van der Waals surface area contributed by atoms with E-state index in [0.29, 0.717) is 44.6 Å². The maximum absolute atomic E-state index is 12.6. The summed E-state index contributed by atoms with van der Waals surface area (Å²) in [7, 11) is 0. The number of ether oxygens (including phenoxy) is 1. The van der Waals surface area contributed by atoms with Gasteiger partial charge < -0.3 is 14.5 Å². The fraction of sp³-hybridized carbons (Fsp3) is 0.562. The summed E-state index contributed by atoms with van der Waals surface area (Å²) in [5.74, 6) is 1.29. The minimum Gasteiger partial charge on any atom is -0.478 e. The van der Waals surface area contributed by atoms with Crippen molar-refractivity contribution in [3.63, 3.8) is 0 Å². The maximum Gasteiger partial charge on any atom is 0.247 e. The number of aryl methyl sites for hydroxylation is 1. The van der Waals surface area contributed by atoms with Crippen molar-refractivity contribution in [2.75, 3.05) is 37.7 Å². The molecule has 2 aromatic rings. The molecule has 0 saturated carbocycles. The zero-order chi connectivity index (χ0) is 17.8. The largest absolute Gasteiger partial charge is 0.478 e. The van der Waals surface area contributed by atoms with Crippen LogP contribution in [0.25, 0.3) is 0 Å². The smallest absolute Gasteiger partial charge is 0.247 e. The fourth-order valence-corrected chi connectivity index (χ4v) is 2.81. The van der Waals surface area contributed by atoms with Crippen molar-refractivity contribution in [1.82, 2.24) is 29.6 Å². The monoisotopic (exact) mass is 345 g/mol. The second-order valence-corrected chi connectivity index (χ2v) is 5.94. The quantitative estimate of drug-likeness (QED) is 0.787. The minimum atomic E-state index is -0.353. The van der Waals surface area contributed by atoms with E-state index in [1.807, 2.05) is 31.7 Å². The third-order valence-electron chi connectivity index (χ3n) is 4.18. The summed E-state index contributed by atoms with van der Waals surface area (Å²) < 4.78 is 7.07. The summed E-state index contributed by atoms with van der Waals surface area (Å²) in [5.41, 5.74) is 0.867. The normalized spacial score (nSPS) is 16.0. The van der Waals surface area contributed by atoms with Crippen molar-refractivity contribution in [3.05, 3.63) is 24.4 Å². The van der Waals surface area contributed by atoms with Crippen LogP contribution in [0.2, 0.25) is 0 Å². The molecule has 3 rings (SSSR count). The topological polar surface area (TPSA) is 89.3 Å². The number of piperazine rings is 1. The summed E-state index contributed by atoms with van der Waals surface area (Å²) in [4.78, 5) is 29.4. The lowest BCUT2D eigenvalue weighted by Crippen LogP contribution is -2.50. The Kier molecular flexibility index (Phi) is 5.11. The van der Waals surface area contributed by atoms with E-state index in [4.69, 9.17) is 4.74 Å². The van der Waals surface area contributed by atoms with Crippen LogP contribution in [0.4, 0.5) is 5.95 Å². The molecule has 9 nitrogen and oxygen atoms in total. The highest BCUT2D eigenvalue weighted by Crippen LogP contribution is 2.18. The Morgan fingerprint density at radius 1 is 1.28 bits per heavy atom. The SMILES string of the molecule is CCOc1cc(C)nc(N2CCN(C(=O)[C@@H](C)n3cncn3)CC2)n1. The predicted octanol–water partition coefficient (Wildman–Crippen LogP) is 0.685. The van der Waals surface area contributed by atoms with Crippen molar-refractivity contribution in [3.8, 4) is 5.88 Å². The zero-order valence-corrected chi connectivity index (χ0v) is 14.8. The highest BCUT2D eigenvalue weighted by Gasteiger charge is 2.27. The molecule has 1 aliphatic heterocycles. The molecule has 134 valence electrons. The molecule has 2 aromatic heterocycles. The van der Waals surface area contributed by atoms with Gasteiger partial charge in [0.15, 0.2) is 0 Å². The van der Waals surface area contributed by atoms with Gasteiger partial charge >= 0.3 is 0 Å². The number of amides is 1. The number of hydrogen-bond acceptors (Lipinski definition) is 7. The van der Waals surface area contributed by atoms with E-state index in [0.717, 1.165) is 5.69 Å². The molecular weight excluding hydrogens is 322 g/mol. The third kappa shape index (κ3) is 3.86. The van der Waals surface area contributed by atoms with E-state index in [-0.39, 0.29) is 11.9 Å². The number of nitrogens with zero attached hydrogens (tertiary/aromatic N) is 7. The zero-order valence-electron chi connectivity index (χ0n) is 14.8. The number of carbonyl (C=O) groups excluding carboxylic acids is 1. The van der Waals surface area contributed by atoms with Gasteiger partial charge in [-0.05, 0) is 20.8 Å². The van der Waals surface area contributed by atoms with Crippen LogP contribution < -0.4 is 9.64 Å². The molecular formula is C16H23N7O2. The van der Waals surface area contributed by atoms with Crippen molar-refractivity contribution < 1.29 is 9.53 Å². The molecule has 0 radical (unpaired) electrons. The second-order valence-electron chi connectivity index (χ2n) is 5.94. The van der Waals surface area contributed by atoms with Crippen molar-refractivity contribution in [2.24, 2.45) is 0 Å². The van der Waals surface area contributed by atoms with Gasteiger partial charge in [-0.2, -0.15) is 10.1 Å². The molecule has 0 aliphatic carbocycles. The van der Waals surface area contributed by atoms with Crippen molar-refractivity contribution in [2.45, 2.75) is 26.8 Å². The van der Waals surface area contributed by atoms with Crippen LogP contribution in [0.3, 0.4) is 0 Å². The van der Waals surface area contributed by atoms with E-state index >= 15 is 0 Å². The summed E-state index contributed by atoms with van der Waals surface area (Å²) in [6.45, 7) is 8.87. The van der Waals surface area contributed by atoms with Gasteiger partial charge in [0.05, 0.1) is 6.61 Å². The van der Waals surface area contributed by atoms with Gasteiger partial charge in [-0.1, -0.05) is 0 Å². The summed E-state index contributed by atoms with van der Waals surface area (Å²) in [6.07, 6.45) is 3.00. The maximum atomic E-state index is 12.6. The van der Waals surface area contributed by atoms with Crippen LogP contribution in [0.15, 0.2) is 18.7 Å². The highest BCUT2D eigenvalue weighted by molar-refractivity contribution is 5.80. The average Bonchev–Trinajstić information content (AvgIpc) is 3.15. The first kappa shape index (κ1) is 17.1. The summed E-state index contributed by atoms with van der Waals surface area (Å²) in [6, 6.07) is 1.47. The molecule has 1 amide bonds. The van der Waals surface area contributed by atoms with Gasteiger partial charge in [0.25, 0.3) is 0 Å².